The van der Waals surface area contributed by atoms with Gasteiger partial charge in [-0.3, -0.25) is 4.79 Å². The summed E-state index contributed by atoms with van der Waals surface area (Å²) in [5.41, 5.74) is 0. The molecule has 7 atom stereocenters. The Morgan fingerprint density at radius 1 is 0.543 bits per heavy atom. The quantitative estimate of drug-likeness (QED) is 0.0586. The van der Waals surface area contributed by atoms with Crippen molar-refractivity contribution < 1.29 is 20.1 Å². The van der Waals surface area contributed by atoms with Crippen molar-refractivity contribution in [3.63, 3.8) is 0 Å². The normalized spacial score (nSPS) is 17.3. The lowest BCUT2D eigenvalue weighted by atomic mass is 9.91. The molecule has 0 saturated heterocycles. The van der Waals surface area contributed by atoms with E-state index in [1.54, 1.807) is 11.8 Å². The lowest BCUT2D eigenvalue weighted by Crippen LogP contribution is -2.59. The number of aliphatic hydroxyl groups excluding tert-OH is 3. The zero-order valence-electron chi connectivity index (χ0n) is 31.4. The van der Waals surface area contributed by atoms with Crippen molar-refractivity contribution in [2.75, 3.05) is 6.61 Å². The van der Waals surface area contributed by atoms with Crippen molar-refractivity contribution in [2.45, 2.75) is 234 Å². The summed E-state index contributed by atoms with van der Waals surface area (Å²) in [5.74, 6) is 0. The summed E-state index contributed by atoms with van der Waals surface area (Å²) in [5, 5.41) is 34.6. The summed E-state index contributed by atoms with van der Waals surface area (Å²) in [6, 6.07) is 0. The Bertz CT molecular complexity index is 696. The van der Waals surface area contributed by atoms with Crippen LogP contribution in [0.4, 0.5) is 0 Å². The van der Waals surface area contributed by atoms with Gasteiger partial charge in [0.05, 0.1) is 6.61 Å². The lowest BCUT2D eigenvalue weighted by Gasteiger charge is -2.46. The molecule has 0 aromatic heterocycles. The third-order valence-corrected chi connectivity index (χ3v) is 14.7. The first-order valence-electron chi connectivity index (χ1n) is 19.8. The fraction of sp³-hybridized carbons (Fsp3) is 0.974. The highest BCUT2D eigenvalue weighted by molar-refractivity contribution is 8.17. The van der Waals surface area contributed by atoms with E-state index in [9.17, 15) is 15.3 Å². The number of hydrogen-bond donors (Lipinski definition) is 3. The van der Waals surface area contributed by atoms with Crippen LogP contribution in [-0.4, -0.2) is 65.0 Å². The van der Waals surface area contributed by atoms with Crippen LogP contribution in [0.1, 0.15) is 196 Å². The van der Waals surface area contributed by atoms with Gasteiger partial charge in [0, 0.05) is 21.0 Å². The average Bonchev–Trinajstić information content (AvgIpc) is 3.06. The maximum atomic E-state index is 15.2. The standard InChI is InChI=1S/C39H78O4S3/c1-8-15-21-28-32(25-18-11-4)44-36(24-14-7)39(37(42)35(41)31-40,46-34(27-20-13-6)30-23-17-10-3)38(43)45-33(26-19-12-5)29-22-16-9-2/h32-37,40-42H,8-31H2,1-7H3. The summed E-state index contributed by atoms with van der Waals surface area (Å²) < 4.78 is -1.18. The molecule has 0 rings (SSSR count). The Morgan fingerprint density at radius 2 is 0.957 bits per heavy atom. The Hall–Kier alpha value is 0.600. The monoisotopic (exact) mass is 707 g/mol. The maximum absolute atomic E-state index is 15.2. The smallest absolute Gasteiger partial charge is 0.209 e. The molecule has 46 heavy (non-hydrogen) atoms. The first kappa shape index (κ1) is 46.6. The van der Waals surface area contributed by atoms with Gasteiger partial charge >= 0.3 is 0 Å². The average molecular weight is 707 g/mol. The lowest BCUT2D eigenvalue weighted by molar-refractivity contribution is -0.119. The van der Waals surface area contributed by atoms with Crippen LogP contribution in [0.3, 0.4) is 0 Å². The first-order valence-corrected chi connectivity index (χ1v) is 22.5. The molecule has 4 nitrogen and oxygen atoms in total. The fourth-order valence-electron chi connectivity index (χ4n) is 6.39. The van der Waals surface area contributed by atoms with Crippen molar-refractivity contribution in [1.29, 1.82) is 0 Å². The van der Waals surface area contributed by atoms with E-state index in [1.165, 1.54) is 50.3 Å². The molecule has 0 aliphatic carbocycles. The van der Waals surface area contributed by atoms with Crippen molar-refractivity contribution in [3.05, 3.63) is 0 Å². The fourth-order valence-corrected chi connectivity index (χ4v) is 12.1. The molecule has 0 aliphatic rings. The molecule has 0 heterocycles. The van der Waals surface area contributed by atoms with Gasteiger partial charge in [0.15, 0.2) is 0 Å². The number of unbranched alkanes of at least 4 members (excludes halogenated alkanes) is 9. The van der Waals surface area contributed by atoms with Gasteiger partial charge in [-0.1, -0.05) is 163 Å². The van der Waals surface area contributed by atoms with Gasteiger partial charge in [-0.05, 0) is 44.9 Å². The molecule has 0 fully saturated rings. The van der Waals surface area contributed by atoms with Gasteiger partial charge < -0.3 is 15.3 Å². The summed E-state index contributed by atoms with van der Waals surface area (Å²) in [6.07, 6.45) is 22.6. The molecule has 276 valence electrons. The van der Waals surface area contributed by atoms with Crippen molar-refractivity contribution in [2.24, 2.45) is 0 Å². The third kappa shape index (κ3) is 18.6. The van der Waals surface area contributed by atoms with E-state index in [0.29, 0.717) is 5.25 Å². The zero-order chi connectivity index (χ0) is 34.6. The second-order valence-corrected chi connectivity index (χ2v) is 18.1. The SMILES string of the molecule is CCCCCC(CCCC)SC(=O)C(SC(CCCC)CCCCC)(C(CCC)SC(CCCC)CCCCC)C(O)C(O)CO. The molecule has 0 spiro atoms. The molecule has 0 saturated carbocycles. The van der Waals surface area contributed by atoms with E-state index >= 15 is 4.79 Å². The minimum absolute atomic E-state index is 0.0563. The van der Waals surface area contributed by atoms with Crippen LogP contribution in [-0.2, 0) is 4.79 Å². The van der Waals surface area contributed by atoms with E-state index in [1.807, 2.05) is 11.8 Å². The second kappa shape index (κ2) is 30.4. The Labute approximate surface area is 300 Å². The van der Waals surface area contributed by atoms with Crippen molar-refractivity contribution in [1.82, 2.24) is 0 Å². The first-order chi connectivity index (χ1) is 22.2. The van der Waals surface area contributed by atoms with E-state index in [-0.39, 0.29) is 20.9 Å². The number of rotatable bonds is 33. The van der Waals surface area contributed by atoms with Crippen LogP contribution in [0.2, 0.25) is 0 Å². The van der Waals surface area contributed by atoms with Crippen molar-refractivity contribution >= 4 is 40.4 Å². The second-order valence-electron chi connectivity index (χ2n) is 13.7. The van der Waals surface area contributed by atoms with E-state index < -0.39 is 23.6 Å². The molecule has 0 amide bonds. The molecule has 3 N–H and O–H groups in total. The minimum atomic E-state index is -1.34. The van der Waals surface area contributed by atoms with Gasteiger partial charge in [0.1, 0.15) is 17.0 Å². The highest BCUT2D eigenvalue weighted by Crippen LogP contribution is 2.51. The Morgan fingerprint density at radius 3 is 1.41 bits per heavy atom. The predicted molar refractivity (Wildman–Crippen MR) is 211 cm³/mol. The minimum Gasteiger partial charge on any atom is -0.394 e. The molecule has 7 heteroatoms. The molecule has 0 bridgehead atoms. The van der Waals surface area contributed by atoms with Crippen LogP contribution in [0, 0.1) is 0 Å². The van der Waals surface area contributed by atoms with Gasteiger partial charge in [-0.2, -0.15) is 11.8 Å². The van der Waals surface area contributed by atoms with E-state index in [4.69, 9.17) is 0 Å². The van der Waals surface area contributed by atoms with E-state index in [2.05, 4.69) is 48.5 Å². The summed E-state index contributed by atoms with van der Waals surface area (Å²) in [7, 11) is 0. The highest BCUT2D eigenvalue weighted by Gasteiger charge is 2.55. The molecule has 0 aliphatic heterocycles. The maximum Gasteiger partial charge on any atom is 0.209 e. The number of hydrogen-bond acceptors (Lipinski definition) is 7. The molecule has 0 aromatic carbocycles. The van der Waals surface area contributed by atoms with Crippen LogP contribution < -0.4 is 0 Å². The van der Waals surface area contributed by atoms with Gasteiger partial charge in [-0.25, -0.2) is 0 Å². The van der Waals surface area contributed by atoms with Gasteiger partial charge in [0.2, 0.25) is 5.12 Å². The molecular weight excluding hydrogens is 629 g/mol. The predicted octanol–water partition coefficient (Wildman–Crippen LogP) is 11.8. The summed E-state index contributed by atoms with van der Waals surface area (Å²) in [6.45, 7) is 15.1. The zero-order valence-corrected chi connectivity index (χ0v) is 33.9. The molecular formula is C39H78O4S3. The van der Waals surface area contributed by atoms with E-state index in [0.717, 1.165) is 109 Å². The molecule has 0 aromatic rings. The molecule has 7 unspecified atom stereocenters. The van der Waals surface area contributed by atoms with Gasteiger partial charge in [0.25, 0.3) is 0 Å². The Kier molecular flexibility index (Phi) is 30.8. The summed E-state index contributed by atoms with van der Waals surface area (Å²) >= 11 is 5.15. The van der Waals surface area contributed by atoms with Crippen LogP contribution in [0.5, 0.6) is 0 Å². The Balaban J connectivity index is 7.14. The van der Waals surface area contributed by atoms with Crippen molar-refractivity contribution in [3.8, 4) is 0 Å². The summed E-state index contributed by atoms with van der Waals surface area (Å²) in [4.78, 5) is 15.2. The molecule has 0 radical (unpaired) electrons. The third-order valence-electron chi connectivity index (χ3n) is 9.36. The number of carbonyl (C=O) groups excluding carboxylic acids is 1. The topological polar surface area (TPSA) is 77.8 Å². The largest absolute Gasteiger partial charge is 0.394 e. The van der Waals surface area contributed by atoms with Gasteiger partial charge in [-0.15, -0.1) is 11.8 Å². The van der Waals surface area contributed by atoms with Crippen LogP contribution >= 0.6 is 35.3 Å². The number of thioether (sulfide) groups is 3. The number of aliphatic hydroxyl groups is 3. The highest BCUT2D eigenvalue weighted by atomic mass is 32.2. The van der Waals surface area contributed by atoms with Crippen LogP contribution in [0.15, 0.2) is 0 Å². The number of carbonyl (C=O) groups is 1. The van der Waals surface area contributed by atoms with Crippen LogP contribution in [0.25, 0.3) is 0 Å².